The van der Waals surface area contributed by atoms with Gasteiger partial charge in [0.05, 0.1) is 12.1 Å². The topological polar surface area (TPSA) is 55.6 Å². The molecule has 1 saturated carbocycles. The van der Waals surface area contributed by atoms with E-state index in [2.05, 4.69) is 69.1 Å². The Bertz CT molecular complexity index is 1300. The quantitative estimate of drug-likeness (QED) is 0.281. The maximum absolute atomic E-state index is 7.25. The van der Waals surface area contributed by atoms with Crippen LogP contribution in [-0.4, -0.2) is 60.4 Å². The number of rotatable bonds is 1. The van der Waals surface area contributed by atoms with E-state index in [4.69, 9.17) is 4.74 Å². The predicted molar refractivity (Wildman–Crippen MR) is 167 cm³/mol. The van der Waals surface area contributed by atoms with E-state index in [0.717, 1.165) is 32.4 Å². The minimum Gasteiger partial charge on any atom is -0.364 e. The van der Waals surface area contributed by atoms with E-state index >= 15 is 0 Å². The van der Waals surface area contributed by atoms with Crippen molar-refractivity contribution >= 4 is 10.9 Å². The van der Waals surface area contributed by atoms with Crippen molar-refractivity contribution in [1.82, 2.24) is 20.5 Å². The minimum absolute atomic E-state index is 0.0500. The van der Waals surface area contributed by atoms with Crippen LogP contribution in [0.4, 0.5) is 0 Å². The van der Waals surface area contributed by atoms with Crippen LogP contribution in [0.2, 0.25) is 0 Å². The van der Waals surface area contributed by atoms with Gasteiger partial charge in [0.15, 0.2) is 0 Å². The summed E-state index contributed by atoms with van der Waals surface area (Å²) in [6.45, 7) is 5.92. The first-order valence-corrected chi connectivity index (χ1v) is 17.1. The number of fused-ring (bicyclic) bond motifs is 4. The average Bonchev–Trinajstić information content (AvgIpc) is 3.59. The van der Waals surface area contributed by atoms with Gasteiger partial charge in [-0.1, -0.05) is 42.5 Å². The number of epoxide rings is 1. The van der Waals surface area contributed by atoms with E-state index < -0.39 is 0 Å². The average molecular weight is 555 g/mol. The normalized spacial score (nSPS) is 42.0. The number of nitrogens with one attached hydrogen (secondary N) is 3. The van der Waals surface area contributed by atoms with Gasteiger partial charge < -0.3 is 25.3 Å². The summed E-state index contributed by atoms with van der Waals surface area (Å²) in [5.41, 5.74) is 4.50. The summed E-state index contributed by atoms with van der Waals surface area (Å²) in [6.07, 6.45) is 25.1. The minimum atomic E-state index is -0.0500. The number of allylic oxidation sites excluding steroid dienone is 4. The summed E-state index contributed by atoms with van der Waals surface area (Å²) in [4.78, 5) is 6.82. The number of hydrogen-bond donors (Lipinski definition) is 3. The first-order chi connectivity index (χ1) is 20.3. The summed E-state index contributed by atoms with van der Waals surface area (Å²) < 4.78 is 7.25. The molecule has 5 aliphatic heterocycles. The molecule has 6 heterocycles. The third kappa shape index (κ3) is 4.49. The van der Waals surface area contributed by atoms with E-state index in [1.807, 2.05) is 0 Å². The molecule has 3 fully saturated rings. The first-order valence-electron chi connectivity index (χ1n) is 17.1. The molecule has 6 aliphatic rings. The van der Waals surface area contributed by atoms with Crippen molar-refractivity contribution in [2.75, 3.05) is 32.7 Å². The van der Waals surface area contributed by atoms with Gasteiger partial charge in [-0.15, -0.1) is 0 Å². The Labute approximate surface area is 246 Å². The highest BCUT2D eigenvalue weighted by Gasteiger charge is 2.76. The second-order valence-electron chi connectivity index (χ2n) is 14.1. The van der Waals surface area contributed by atoms with Gasteiger partial charge in [-0.2, -0.15) is 0 Å². The Morgan fingerprint density at radius 1 is 0.829 bits per heavy atom. The number of benzene rings is 1. The van der Waals surface area contributed by atoms with Gasteiger partial charge in [0.1, 0.15) is 5.60 Å². The summed E-state index contributed by atoms with van der Waals surface area (Å²) in [6, 6.07) is 9.77. The van der Waals surface area contributed by atoms with Gasteiger partial charge in [-0.25, -0.2) is 0 Å². The van der Waals surface area contributed by atoms with Gasteiger partial charge in [-0.3, -0.25) is 0 Å². The highest BCUT2D eigenvalue weighted by molar-refractivity contribution is 5.85. The lowest BCUT2D eigenvalue weighted by Crippen LogP contribution is -2.69. The van der Waals surface area contributed by atoms with Gasteiger partial charge in [0.2, 0.25) is 0 Å². The molecule has 2 aromatic rings. The van der Waals surface area contributed by atoms with E-state index in [9.17, 15) is 0 Å². The second-order valence-corrected chi connectivity index (χ2v) is 14.1. The largest absolute Gasteiger partial charge is 0.364 e. The van der Waals surface area contributed by atoms with Crippen LogP contribution in [0.5, 0.6) is 0 Å². The van der Waals surface area contributed by atoms with Gasteiger partial charge in [0.25, 0.3) is 0 Å². The number of ether oxygens (including phenoxy) is 1. The predicted octanol–water partition coefficient (Wildman–Crippen LogP) is 6.43. The number of hydrogen-bond acceptors (Lipinski definition) is 4. The lowest BCUT2D eigenvalue weighted by atomic mass is 9.50. The molecule has 2 saturated heterocycles. The highest BCUT2D eigenvalue weighted by atomic mass is 16.6. The van der Waals surface area contributed by atoms with Crippen molar-refractivity contribution in [3.63, 3.8) is 0 Å². The fourth-order valence-electron chi connectivity index (χ4n) is 10.3. The smallest absolute Gasteiger partial charge is 0.111 e. The molecule has 2 spiro atoms. The van der Waals surface area contributed by atoms with Crippen molar-refractivity contribution in [2.24, 2.45) is 17.3 Å². The maximum atomic E-state index is 7.25. The van der Waals surface area contributed by atoms with Crippen LogP contribution in [0.15, 0.2) is 48.6 Å². The summed E-state index contributed by atoms with van der Waals surface area (Å²) in [5.74, 6) is 1.16. The number of H-pyrrole nitrogens is 1. The molecule has 1 aromatic carbocycles. The number of aromatic nitrogens is 1. The van der Waals surface area contributed by atoms with E-state index in [1.165, 1.54) is 94.0 Å². The van der Waals surface area contributed by atoms with Gasteiger partial charge >= 0.3 is 0 Å². The summed E-state index contributed by atoms with van der Waals surface area (Å²) >= 11 is 0. The molecule has 3 bridgehead atoms. The van der Waals surface area contributed by atoms with Crippen molar-refractivity contribution < 1.29 is 4.74 Å². The molecule has 220 valence electrons. The van der Waals surface area contributed by atoms with E-state index in [0.29, 0.717) is 30.0 Å². The molecular formula is C36H50N4O. The second kappa shape index (κ2) is 11.0. The van der Waals surface area contributed by atoms with E-state index in [1.54, 1.807) is 5.56 Å². The monoisotopic (exact) mass is 554 g/mol. The van der Waals surface area contributed by atoms with Crippen molar-refractivity contribution in [1.29, 1.82) is 0 Å². The zero-order valence-electron chi connectivity index (χ0n) is 24.9. The van der Waals surface area contributed by atoms with Gasteiger partial charge in [-0.05, 0) is 121 Å². The Balaban J connectivity index is 1.26. The SMILES string of the molecule is C1=CCC[C@]23CN4CCCC/C=C/CC[C@@]5(O[C@H]5[C@H]([C@H]5NCCc6c5[nH]c5ccccc65)[C@@H]2CC4)[C@@H]3NCCCC1. The third-order valence-corrected chi connectivity index (χ3v) is 12.0. The maximum Gasteiger partial charge on any atom is 0.111 e. The van der Waals surface area contributed by atoms with Crippen molar-refractivity contribution in [3.8, 4) is 0 Å². The standard InChI is InChI=1S/C36H50N4O/c1-3-7-13-21-38-34-35(19-11-5-1)25-40-23-14-8-4-2-6-12-20-36(34)33(41-36)30(28(35)18-24-40)32-31-27(17-22-37-32)26-15-9-10-16-29(26)39-31/h1-2,5-6,9-10,15-16,28,30,32-34,37-39H,3-4,7-8,11-14,17-25H2/b5-1?,6-2+/t28-,30-,32+,33-,34+,35-,36-/m0/s1. The molecule has 1 aliphatic carbocycles. The van der Waals surface area contributed by atoms with Crippen LogP contribution < -0.4 is 10.6 Å². The molecule has 3 N–H and O–H groups in total. The molecular weight excluding hydrogens is 504 g/mol. The van der Waals surface area contributed by atoms with Crippen molar-refractivity contribution in [2.45, 2.75) is 101 Å². The van der Waals surface area contributed by atoms with Crippen LogP contribution in [0, 0.1) is 17.3 Å². The third-order valence-electron chi connectivity index (χ3n) is 12.0. The fraction of sp³-hybridized carbons (Fsp3) is 0.667. The Morgan fingerprint density at radius 2 is 1.66 bits per heavy atom. The van der Waals surface area contributed by atoms with Crippen molar-refractivity contribution in [3.05, 3.63) is 59.8 Å². The zero-order valence-corrected chi connectivity index (χ0v) is 24.9. The molecule has 0 amide bonds. The summed E-state index contributed by atoms with van der Waals surface area (Å²) in [5, 5.41) is 9.82. The number of nitrogens with zero attached hydrogens (tertiary/aromatic N) is 1. The number of aromatic amines is 1. The lowest BCUT2D eigenvalue weighted by Gasteiger charge is -2.60. The molecule has 1 aromatic heterocycles. The Morgan fingerprint density at radius 3 is 2.59 bits per heavy atom. The lowest BCUT2D eigenvalue weighted by molar-refractivity contribution is -0.0807. The zero-order chi connectivity index (χ0) is 27.3. The molecule has 8 atom stereocenters. The number of para-hydroxylation sites is 1. The fourth-order valence-corrected chi connectivity index (χ4v) is 10.3. The van der Waals surface area contributed by atoms with Crippen LogP contribution in [0.25, 0.3) is 10.9 Å². The molecule has 1 unspecified atom stereocenters. The molecule has 41 heavy (non-hydrogen) atoms. The first kappa shape index (κ1) is 26.7. The van der Waals surface area contributed by atoms with Crippen LogP contribution in [0.3, 0.4) is 0 Å². The molecule has 8 rings (SSSR count). The Hall–Kier alpha value is -1.92. The molecule has 5 nitrogen and oxygen atoms in total. The van der Waals surface area contributed by atoms with Crippen LogP contribution >= 0.6 is 0 Å². The number of piperidine rings is 1. The Kier molecular flexibility index (Phi) is 7.14. The van der Waals surface area contributed by atoms with Crippen LogP contribution in [0.1, 0.15) is 87.9 Å². The van der Waals surface area contributed by atoms with Gasteiger partial charge in [0, 0.05) is 40.5 Å². The highest BCUT2D eigenvalue weighted by Crippen LogP contribution is 2.67. The van der Waals surface area contributed by atoms with E-state index in [-0.39, 0.29) is 11.0 Å². The molecule has 5 heteroatoms. The summed E-state index contributed by atoms with van der Waals surface area (Å²) in [7, 11) is 0. The molecule has 0 radical (unpaired) electrons. The van der Waals surface area contributed by atoms with Crippen LogP contribution in [-0.2, 0) is 11.2 Å².